The summed E-state index contributed by atoms with van der Waals surface area (Å²) in [5, 5.41) is 0. The van der Waals surface area contributed by atoms with E-state index in [1.54, 1.807) is 0 Å². The van der Waals surface area contributed by atoms with Gasteiger partial charge in [0.05, 0.1) is 21.8 Å². The van der Waals surface area contributed by atoms with Gasteiger partial charge in [-0.3, -0.25) is 0 Å². The minimum atomic E-state index is -1.19. The Morgan fingerprint density at radius 3 is 1.41 bits per heavy atom. The van der Waals surface area contributed by atoms with Gasteiger partial charge in [0.15, 0.2) is 0 Å². The van der Waals surface area contributed by atoms with Gasteiger partial charge < -0.3 is 0 Å². The van der Waals surface area contributed by atoms with Crippen molar-refractivity contribution in [2.45, 2.75) is 37.5 Å². The molecule has 1 N–H and O–H groups in total. The van der Waals surface area contributed by atoms with Gasteiger partial charge >= 0.3 is 0 Å². The van der Waals surface area contributed by atoms with Crippen LogP contribution in [0.1, 0.15) is 49.4 Å². The molecule has 0 fully saturated rings. The third-order valence-corrected chi connectivity index (χ3v) is 6.18. The SMILES string of the molecule is CC(C)(C)S(=O)N[C@@H](c1ccccc1)C(c1ccccc1)c1ccccc1. The van der Waals surface area contributed by atoms with Crippen LogP contribution in [-0.4, -0.2) is 8.96 Å². The second-order valence-corrected chi connectivity index (χ2v) is 9.68. The molecule has 0 heterocycles. The van der Waals surface area contributed by atoms with Crippen LogP contribution in [0.3, 0.4) is 0 Å². The number of hydrogen-bond acceptors (Lipinski definition) is 1. The molecule has 3 aromatic rings. The lowest BCUT2D eigenvalue weighted by molar-refractivity contribution is 0.557. The second-order valence-electron chi connectivity index (χ2n) is 7.69. The van der Waals surface area contributed by atoms with Crippen LogP contribution in [-0.2, 0) is 11.0 Å². The molecule has 3 rings (SSSR count). The highest BCUT2D eigenvalue weighted by atomic mass is 32.2. The van der Waals surface area contributed by atoms with Crippen LogP contribution in [0.25, 0.3) is 0 Å². The first kappa shape index (κ1) is 19.5. The molecule has 0 spiro atoms. The highest BCUT2D eigenvalue weighted by Crippen LogP contribution is 2.37. The molecule has 3 heteroatoms. The first-order valence-corrected chi connectivity index (χ1v) is 10.4. The van der Waals surface area contributed by atoms with E-state index in [0.29, 0.717) is 0 Å². The molecule has 0 saturated carbocycles. The normalized spacial score (nSPS) is 14.1. The van der Waals surface area contributed by atoms with Crippen molar-refractivity contribution in [1.29, 1.82) is 0 Å². The standard InChI is InChI=1S/C24H27NOS/c1-24(2,3)27(26)25-23(21-17-11-6-12-18-21)22(19-13-7-4-8-14-19)20-15-9-5-10-16-20/h4-18,22-23,25H,1-3H3/t23-,27?/m0/s1. The van der Waals surface area contributed by atoms with Crippen LogP contribution in [0.2, 0.25) is 0 Å². The van der Waals surface area contributed by atoms with Crippen LogP contribution in [0.5, 0.6) is 0 Å². The highest BCUT2D eigenvalue weighted by molar-refractivity contribution is 7.84. The van der Waals surface area contributed by atoms with Gasteiger partial charge in [-0.1, -0.05) is 91.0 Å². The smallest absolute Gasteiger partial charge is 0.0976 e. The van der Waals surface area contributed by atoms with Crippen molar-refractivity contribution in [2.75, 3.05) is 0 Å². The molecule has 0 aliphatic heterocycles. The molecule has 0 saturated heterocycles. The summed E-state index contributed by atoms with van der Waals surface area (Å²) in [6.45, 7) is 5.99. The van der Waals surface area contributed by atoms with Crippen LogP contribution in [0, 0.1) is 0 Å². The zero-order valence-corrected chi connectivity index (χ0v) is 16.9. The lowest BCUT2D eigenvalue weighted by Gasteiger charge is -2.31. The molecular formula is C24H27NOS. The van der Waals surface area contributed by atoms with E-state index in [1.807, 2.05) is 51.1 Å². The van der Waals surface area contributed by atoms with Crippen LogP contribution in [0.15, 0.2) is 91.0 Å². The summed E-state index contributed by atoms with van der Waals surface area (Å²) in [6, 6.07) is 31.1. The number of nitrogens with one attached hydrogen (secondary N) is 1. The quantitative estimate of drug-likeness (QED) is 0.594. The first-order valence-electron chi connectivity index (χ1n) is 9.29. The van der Waals surface area contributed by atoms with Gasteiger partial charge in [-0.2, -0.15) is 0 Å². The third kappa shape index (κ3) is 4.94. The monoisotopic (exact) mass is 377 g/mol. The molecule has 2 nitrogen and oxygen atoms in total. The van der Waals surface area contributed by atoms with Crippen molar-refractivity contribution < 1.29 is 4.21 Å². The molecule has 0 bridgehead atoms. The van der Waals surface area contributed by atoms with Gasteiger partial charge in [0, 0.05) is 5.92 Å². The average molecular weight is 378 g/mol. The molecule has 2 atom stereocenters. The number of rotatable bonds is 6. The van der Waals surface area contributed by atoms with Crippen molar-refractivity contribution in [3.8, 4) is 0 Å². The van der Waals surface area contributed by atoms with Gasteiger partial charge in [0.1, 0.15) is 0 Å². The molecule has 0 aromatic heterocycles. The van der Waals surface area contributed by atoms with E-state index in [2.05, 4.69) is 65.4 Å². The Hall–Kier alpha value is -2.23. The Kier molecular flexibility index (Phi) is 6.25. The van der Waals surface area contributed by atoms with Crippen molar-refractivity contribution in [2.24, 2.45) is 0 Å². The fraction of sp³-hybridized carbons (Fsp3) is 0.250. The van der Waals surface area contributed by atoms with Crippen LogP contribution in [0.4, 0.5) is 0 Å². The zero-order chi connectivity index (χ0) is 19.3. The van der Waals surface area contributed by atoms with Crippen molar-refractivity contribution in [3.63, 3.8) is 0 Å². The Morgan fingerprint density at radius 2 is 1.04 bits per heavy atom. The van der Waals surface area contributed by atoms with E-state index < -0.39 is 11.0 Å². The number of benzene rings is 3. The molecule has 1 unspecified atom stereocenters. The molecule has 27 heavy (non-hydrogen) atoms. The molecule has 0 aliphatic carbocycles. The minimum Gasteiger partial charge on any atom is -0.242 e. The minimum absolute atomic E-state index is 0.0566. The summed E-state index contributed by atoms with van der Waals surface area (Å²) in [5.74, 6) is 0.0566. The Labute approximate surface area is 165 Å². The van der Waals surface area contributed by atoms with Gasteiger partial charge in [0.2, 0.25) is 0 Å². The van der Waals surface area contributed by atoms with Crippen molar-refractivity contribution >= 4 is 11.0 Å². The van der Waals surface area contributed by atoms with Crippen molar-refractivity contribution in [3.05, 3.63) is 108 Å². The fourth-order valence-electron chi connectivity index (χ4n) is 3.18. The summed E-state index contributed by atoms with van der Waals surface area (Å²) in [5.41, 5.74) is 3.54. The summed E-state index contributed by atoms with van der Waals surface area (Å²) in [7, 11) is -1.19. The number of hydrogen-bond donors (Lipinski definition) is 1. The molecule has 0 amide bonds. The van der Waals surface area contributed by atoms with Crippen LogP contribution >= 0.6 is 0 Å². The maximum atomic E-state index is 13.0. The van der Waals surface area contributed by atoms with Crippen LogP contribution < -0.4 is 4.72 Å². The topological polar surface area (TPSA) is 29.1 Å². The van der Waals surface area contributed by atoms with Crippen molar-refractivity contribution in [1.82, 2.24) is 4.72 Å². The lowest BCUT2D eigenvalue weighted by atomic mass is 9.82. The third-order valence-electron chi connectivity index (χ3n) is 4.60. The maximum Gasteiger partial charge on any atom is 0.0976 e. The van der Waals surface area contributed by atoms with E-state index in [4.69, 9.17) is 0 Å². The largest absolute Gasteiger partial charge is 0.242 e. The molecule has 0 aliphatic rings. The summed E-state index contributed by atoms with van der Waals surface area (Å²) in [6.07, 6.45) is 0. The average Bonchev–Trinajstić information content (AvgIpc) is 2.69. The van der Waals surface area contributed by atoms with E-state index in [1.165, 1.54) is 11.1 Å². The predicted octanol–water partition coefficient (Wildman–Crippen LogP) is 5.61. The Morgan fingerprint density at radius 1 is 0.667 bits per heavy atom. The van der Waals surface area contributed by atoms with Gasteiger partial charge in [-0.15, -0.1) is 0 Å². The predicted molar refractivity (Wildman–Crippen MR) is 115 cm³/mol. The van der Waals surface area contributed by atoms with E-state index in [-0.39, 0.29) is 16.7 Å². The fourth-order valence-corrected chi connectivity index (χ4v) is 4.04. The van der Waals surface area contributed by atoms with E-state index in [9.17, 15) is 4.21 Å². The van der Waals surface area contributed by atoms with Gasteiger partial charge in [-0.05, 0) is 37.5 Å². The summed E-state index contributed by atoms with van der Waals surface area (Å²) < 4.78 is 16.1. The zero-order valence-electron chi connectivity index (χ0n) is 16.1. The molecule has 3 aromatic carbocycles. The molecule has 140 valence electrons. The van der Waals surface area contributed by atoms with Gasteiger partial charge in [0.25, 0.3) is 0 Å². The first-order chi connectivity index (χ1) is 13.0. The van der Waals surface area contributed by atoms with E-state index >= 15 is 0 Å². The maximum absolute atomic E-state index is 13.0. The molecule has 0 radical (unpaired) electrons. The Bertz CT molecular complexity index is 818. The molecular weight excluding hydrogens is 350 g/mol. The summed E-state index contributed by atoms with van der Waals surface area (Å²) >= 11 is 0. The second kappa shape index (κ2) is 8.64. The lowest BCUT2D eigenvalue weighted by Crippen LogP contribution is -2.38. The van der Waals surface area contributed by atoms with Gasteiger partial charge in [-0.25, -0.2) is 8.93 Å². The van der Waals surface area contributed by atoms with E-state index in [0.717, 1.165) is 5.56 Å². The summed E-state index contributed by atoms with van der Waals surface area (Å²) in [4.78, 5) is 0. The Balaban J connectivity index is 2.12. The highest BCUT2D eigenvalue weighted by Gasteiger charge is 2.31.